The maximum Gasteiger partial charge on any atom is 0.277 e. The Kier molecular flexibility index (Phi) is 3.29. The smallest absolute Gasteiger partial charge is 0.277 e. The molecule has 6 nitrogen and oxygen atoms in total. The van der Waals surface area contributed by atoms with Crippen molar-refractivity contribution in [3.8, 4) is 5.75 Å². The van der Waals surface area contributed by atoms with E-state index >= 15 is 0 Å². The van der Waals surface area contributed by atoms with E-state index in [2.05, 4.69) is 10.3 Å². The first-order valence-corrected chi connectivity index (χ1v) is 6.39. The molecule has 0 radical (unpaired) electrons. The van der Waals surface area contributed by atoms with Crippen LogP contribution in [0.2, 0.25) is 0 Å². The predicted octanol–water partition coefficient (Wildman–Crippen LogP) is 1.37. The van der Waals surface area contributed by atoms with Gasteiger partial charge in [-0.1, -0.05) is 18.2 Å². The molecule has 0 saturated heterocycles. The Labute approximate surface area is 120 Å². The molecule has 0 amide bonds. The first-order valence-electron chi connectivity index (χ1n) is 6.39. The molecule has 1 aromatic carbocycles. The van der Waals surface area contributed by atoms with Gasteiger partial charge >= 0.3 is 0 Å². The molecule has 4 N–H and O–H groups in total. The first kappa shape index (κ1) is 13.1. The molecular formula is C15H14N3O3+. The average Bonchev–Trinajstić information content (AvgIpc) is 2.50. The molecule has 0 spiro atoms. The zero-order valence-corrected chi connectivity index (χ0v) is 11.1. The van der Waals surface area contributed by atoms with Gasteiger partial charge in [-0.05, 0) is 18.2 Å². The SMILES string of the molecule is O=c1c(CO)c(Nc2ccccc2[OH2+])nc2ccccn12. The molecule has 0 saturated carbocycles. The van der Waals surface area contributed by atoms with Crippen LogP contribution in [-0.2, 0) is 6.61 Å². The summed E-state index contributed by atoms with van der Waals surface area (Å²) in [5.74, 6) is 0.560. The van der Waals surface area contributed by atoms with Gasteiger partial charge in [0, 0.05) is 12.3 Å². The number of aliphatic hydroxyl groups is 1. The van der Waals surface area contributed by atoms with Crippen LogP contribution in [0.3, 0.4) is 0 Å². The van der Waals surface area contributed by atoms with Crippen molar-refractivity contribution in [2.24, 2.45) is 0 Å². The van der Waals surface area contributed by atoms with Gasteiger partial charge < -0.3 is 15.5 Å². The molecule has 0 aliphatic rings. The summed E-state index contributed by atoms with van der Waals surface area (Å²) in [5, 5.41) is 20.2. The second-order valence-corrected chi connectivity index (χ2v) is 4.50. The highest BCUT2D eigenvalue weighted by atomic mass is 16.3. The van der Waals surface area contributed by atoms with E-state index in [0.29, 0.717) is 11.3 Å². The lowest BCUT2D eigenvalue weighted by molar-refractivity contribution is 0.280. The zero-order valence-electron chi connectivity index (χ0n) is 11.1. The van der Waals surface area contributed by atoms with Crippen molar-refractivity contribution in [3.63, 3.8) is 0 Å². The minimum atomic E-state index is -0.424. The largest absolute Gasteiger partial charge is 0.592 e. The van der Waals surface area contributed by atoms with Crippen molar-refractivity contribution in [1.29, 1.82) is 0 Å². The standard InChI is InChI=1S/C15H13N3O3/c19-9-10-14(16-11-5-1-2-6-12(11)20)17-13-7-3-4-8-18(13)15(10)21/h1-8,16,19-20H,9H2/p+1. The lowest BCUT2D eigenvalue weighted by atomic mass is 10.2. The van der Waals surface area contributed by atoms with Gasteiger partial charge in [0.15, 0.2) is 0 Å². The Morgan fingerprint density at radius 2 is 1.95 bits per heavy atom. The number of hydrogen-bond acceptors (Lipinski definition) is 4. The molecule has 0 unspecified atom stereocenters. The molecule has 2 heterocycles. The summed E-state index contributed by atoms with van der Waals surface area (Å²) in [4.78, 5) is 16.7. The summed E-state index contributed by atoms with van der Waals surface area (Å²) in [6.07, 6.45) is 1.60. The topological polar surface area (TPSA) is 89.5 Å². The minimum absolute atomic E-state index is 0.168. The van der Waals surface area contributed by atoms with Gasteiger partial charge in [0.1, 0.15) is 17.2 Å². The Balaban J connectivity index is 2.18. The third-order valence-electron chi connectivity index (χ3n) is 3.17. The number of aromatic nitrogens is 2. The van der Waals surface area contributed by atoms with Crippen LogP contribution in [0.4, 0.5) is 11.5 Å². The van der Waals surface area contributed by atoms with E-state index in [1.165, 1.54) is 4.40 Å². The van der Waals surface area contributed by atoms with Crippen molar-refractivity contribution in [3.05, 3.63) is 64.6 Å². The maximum absolute atomic E-state index is 12.3. The first-order chi connectivity index (χ1) is 10.2. The van der Waals surface area contributed by atoms with Crippen LogP contribution >= 0.6 is 0 Å². The van der Waals surface area contributed by atoms with E-state index in [1.54, 1.807) is 48.7 Å². The monoisotopic (exact) mass is 284 g/mol. The molecule has 3 rings (SSSR count). The van der Waals surface area contributed by atoms with Crippen LogP contribution in [0.25, 0.3) is 5.65 Å². The van der Waals surface area contributed by atoms with E-state index in [0.717, 1.165) is 0 Å². The fourth-order valence-electron chi connectivity index (χ4n) is 2.09. The highest BCUT2D eigenvalue weighted by molar-refractivity contribution is 5.66. The molecule has 0 fully saturated rings. The average molecular weight is 284 g/mol. The number of aliphatic hydroxyl groups excluding tert-OH is 1. The second-order valence-electron chi connectivity index (χ2n) is 4.50. The summed E-state index contributed by atoms with van der Waals surface area (Å²) in [5.41, 5.74) is 0.846. The molecule has 2 aromatic heterocycles. The zero-order chi connectivity index (χ0) is 14.8. The van der Waals surface area contributed by atoms with Crippen LogP contribution in [-0.4, -0.2) is 19.6 Å². The summed E-state index contributed by atoms with van der Waals surface area (Å²) >= 11 is 0. The fourth-order valence-corrected chi connectivity index (χ4v) is 2.09. The number of nitrogens with zero attached hydrogens (tertiary/aromatic N) is 2. The van der Waals surface area contributed by atoms with Crippen LogP contribution in [0.15, 0.2) is 53.5 Å². The Morgan fingerprint density at radius 1 is 1.19 bits per heavy atom. The van der Waals surface area contributed by atoms with Crippen molar-refractivity contribution in [1.82, 2.24) is 9.38 Å². The maximum atomic E-state index is 12.3. The Hall–Kier alpha value is -2.86. The number of para-hydroxylation sites is 2. The normalized spacial score (nSPS) is 10.7. The van der Waals surface area contributed by atoms with Gasteiger partial charge in [-0.25, -0.2) is 4.98 Å². The quantitative estimate of drug-likeness (QED) is 0.711. The van der Waals surface area contributed by atoms with Gasteiger partial charge in [0.05, 0.1) is 12.2 Å². The Bertz CT molecular complexity index is 858. The molecule has 21 heavy (non-hydrogen) atoms. The van der Waals surface area contributed by atoms with Gasteiger partial charge in [0.2, 0.25) is 0 Å². The molecule has 0 aliphatic heterocycles. The predicted molar refractivity (Wildman–Crippen MR) is 80.2 cm³/mol. The number of nitrogens with one attached hydrogen (secondary N) is 1. The van der Waals surface area contributed by atoms with Crippen LogP contribution in [0.1, 0.15) is 5.56 Å². The summed E-state index contributed by atoms with van der Waals surface area (Å²) in [6.45, 7) is -0.424. The number of fused-ring (bicyclic) bond motifs is 1. The molecular weight excluding hydrogens is 270 g/mol. The highest BCUT2D eigenvalue weighted by Gasteiger charge is 2.14. The highest BCUT2D eigenvalue weighted by Crippen LogP contribution is 2.26. The summed E-state index contributed by atoms with van der Waals surface area (Å²) in [6, 6.07) is 12.1. The number of anilines is 2. The third kappa shape index (κ3) is 2.32. The van der Waals surface area contributed by atoms with Gasteiger partial charge in [0.25, 0.3) is 11.3 Å². The van der Waals surface area contributed by atoms with Crippen LogP contribution < -0.4 is 10.9 Å². The second kappa shape index (κ2) is 5.26. The van der Waals surface area contributed by atoms with Crippen molar-refractivity contribution in [2.75, 3.05) is 5.32 Å². The molecule has 6 heteroatoms. The van der Waals surface area contributed by atoms with E-state index in [9.17, 15) is 9.90 Å². The van der Waals surface area contributed by atoms with E-state index in [-0.39, 0.29) is 22.7 Å². The summed E-state index contributed by atoms with van der Waals surface area (Å²) < 4.78 is 1.38. The molecule has 0 atom stereocenters. The van der Waals surface area contributed by atoms with Gasteiger partial charge in [-0.15, -0.1) is 0 Å². The van der Waals surface area contributed by atoms with Gasteiger partial charge in [-0.2, -0.15) is 0 Å². The van der Waals surface area contributed by atoms with E-state index < -0.39 is 6.61 Å². The Morgan fingerprint density at radius 3 is 2.71 bits per heavy atom. The van der Waals surface area contributed by atoms with Crippen LogP contribution in [0.5, 0.6) is 5.75 Å². The lowest BCUT2D eigenvalue weighted by Crippen LogP contribution is -2.21. The van der Waals surface area contributed by atoms with Crippen molar-refractivity contribution < 1.29 is 10.2 Å². The number of rotatable bonds is 3. The number of pyridine rings is 1. The van der Waals surface area contributed by atoms with Crippen LogP contribution in [0, 0.1) is 0 Å². The fraction of sp³-hybridized carbons (Fsp3) is 0.0667. The van der Waals surface area contributed by atoms with Gasteiger partial charge in [-0.3, -0.25) is 9.20 Å². The number of benzene rings is 1. The molecule has 106 valence electrons. The van der Waals surface area contributed by atoms with E-state index in [1.807, 2.05) is 0 Å². The third-order valence-corrected chi connectivity index (χ3v) is 3.17. The molecule has 0 aliphatic carbocycles. The summed E-state index contributed by atoms with van der Waals surface area (Å²) in [7, 11) is 0. The lowest BCUT2D eigenvalue weighted by Gasteiger charge is -2.11. The number of hydrogen-bond donors (Lipinski definition) is 2. The minimum Gasteiger partial charge on any atom is -0.592 e. The molecule has 0 bridgehead atoms. The van der Waals surface area contributed by atoms with E-state index in [4.69, 9.17) is 5.11 Å². The van der Waals surface area contributed by atoms with Crippen molar-refractivity contribution >= 4 is 17.2 Å². The van der Waals surface area contributed by atoms with Crippen molar-refractivity contribution in [2.45, 2.75) is 6.61 Å². The molecule has 3 aromatic rings.